The Labute approximate surface area is 128 Å². The number of halogens is 1. The lowest BCUT2D eigenvalue weighted by molar-refractivity contribution is 0.0195. The van der Waals surface area contributed by atoms with Gasteiger partial charge in [0.15, 0.2) is 0 Å². The number of carbonyl (C=O) groups is 1. The molecule has 1 fully saturated rings. The monoisotopic (exact) mass is 340 g/mol. The van der Waals surface area contributed by atoms with Gasteiger partial charge in [-0.05, 0) is 38.5 Å². The number of benzene rings is 1. The van der Waals surface area contributed by atoms with Gasteiger partial charge in [0.1, 0.15) is 5.60 Å². The number of amides is 1. The Kier molecular flexibility index (Phi) is 4.70. The van der Waals surface area contributed by atoms with Crippen LogP contribution in [0.25, 0.3) is 0 Å². The van der Waals surface area contributed by atoms with Crippen molar-refractivity contribution in [2.45, 2.75) is 32.4 Å². The molecule has 0 aliphatic carbocycles. The first kappa shape index (κ1) is 15.3. The smallest absolute Gasteiger partial charge is 0.410 e. The lowest BCUT2D eigenvalue weighted by Crippen LogP contribution is -2.49. The molecular formula is C15H21BrN2O2. The summed E-state index contributed by atoms with van der Waals surface area (Å²) in [6.45, 7) is 7.75. The topological polar surface area (TPSA) is 41.6 Å². The van der Waals surface area contributed by atoms with Crippen LogP contribution >= 0.6 is 15.9 Å². The Balaban J connectivity index is 2.03. The second-order valence-electron chi connectivity index (χ2n) is 5.99. The summed E-state index contributed by atoms with van der Waals surface area (Å²) >= 11 is 3.48. The molecule has 5 heteroatoms. The van der Waals surface area contributed by atoms with E-state index in [1.165, 1.54) is 5.56 Å². The predicted octanol–water partition coefficient (Wildman–Crippen LogP) is 3.33. The first-order valence-electron chi connectivity index (χ1n) is 6.82. The van der Waals surface area contributed by atoms with E-state index >= 15 is 0 Å². The summed E-state index contributed by atoms with van der Waals surface area (Å²) < 4.78 is 6.48. The lowest BCUT2D eigenvalue weighted by Gasteiger charge is -2.35. The van der Waals surface area contributed by atoms with Crippen LogP contribution in [0.1, 0.15) is 32.4 Å². The van der Waals surface area contributed by atoms with E-state index in [9.17, 15) is 4.79 Å². The zero-order valence-electron chi connectivity index (χ0n) is 12.1. The van der Waals surface area contributed by atoms with Crippen LogP contribution in [0.4, 0.5) is 4.79 Å². The van der Waals surface area contributed by atoms with Crippen LogP contribution in [0.5, 0.6) is 0 Å². The standard InChI is InChI=1S/C15H21BrN2O2/c1-15(2,3)20-14(19)18-8-7-17-13(10-18)11-5-4-6-12(16)9-11/h4-6,9,13,17H,7-8,10H2,1-3H3. The molecule has 4 nitrogen and oxygen atoms in total. The third-order valence-corrected chi connectivity index (χ3v) is 3.57. The number of nitrogens with zero attached hydrogens (tertiary/aromatic N) is 1. The van der Waals surface area contributed by atoms with Gasteiger partial charge in [-0.1, -0.05) is 28.1 Å². The number of hydrogen-bond acceptors (Lipinski definition) is 3. The zero-order valence-corrected chi connectivity index (χ0v) is 13.7. The van der Waals surface area contributed by atoms with E-state index in [-0.39, 0.29) is 12.1 Å². The van der Waals surface area contributed by atoms with Crippen LogP contribution in [0.3, 0.4) is 0 Å². The number of rotatable bonds is 1. The normalized spacial score (nSPS) is 19.8. The van der Waals surface area contributed by atoms with E-state index in [1.54, 1.807) is 4.90 Å². The highest BCUT2D eigenvalue weighted by Crippen LogP contribution is 2.22. The van der Waals surface area contributed by atoms with Crippen molar-refractivity contribution in [1.29, 1.82) is 0 Å². The van der Waals surface area contributed by atoms with E-state index < -0.39 is 5.60 Å². The Morgan fingerprint density at radius 3 is 2.85 bits per heavy atom. The minimum Gasteiger partial charge on any atom is -0.444 e. The summed E-state index contributed by atoms with van der Waals surface area (Å²) in [6, 6.07) is 8.30. The summed E-state index contributed by atoms with van der Waals surface area (Å²) in [5.41, 5.74) is 0.723. The molecule has 1 aliphatic rings. The van der Waals surface area contributed by atoms with E-state index in [0.717, 1.165) is 11.0 Å². The molecule has 1 aliphatic heterocycles. The SMILES string of the molecule is CC(C)(C)OC(=O)N1CCNC(c2cccc(Br)c2)C1. The maximum absolute atomic E-state index is 12.1. The molecule has 1 aromatic carbocycles. The van der Waals surface area contributed by atoms with E-state index in [0.29, 0.717) is 13.1 Å². The molecule has 1 heterocycles. The van der Waals surface area contributed by atoms with E-state index in [1.807, 2.05) is 32.9 Å². The fraction of sp³-hybridized carbons (Fsp3) is 0.533. The molecule has 1 N–H and O–H groups in total. The van der Waals surface area contributed by atoms with Crippen LogP contribution in [0.15, 0.2) is 28.7 Å². The van der Waals surface area contributed by atoms with E-state index in [4.69, 9.17) is 4.74 Å². The van der Waals surface area contributed by atoms with Gasteiger partial charge in [-0.25, -0.2) is 4.79 Å². The van der Waals surface area contributed by atoms with Gasteiger partial charge in [0.2, 0.25) is 0 Å². The molecule has 0 radical (unpaired) electrons. The van der Waals surface area contributed by atoms with Crippen molar-refractivity contribution < 1.29 is 9.53 Å². The maximum Gasteiger partial charge on any atom is 0.410 e. The van der Waals surface area contributed by atoms with Crippen molar-refractivity contribution in [3.8, 4) is 0 Å². The summed E-state index contributed by atoms with van der Waals surface area (Å²) in [4.78, 5) is 13.9. The molecule has 1 atom stereocenters. The largest absolute Gasteiger partial charge is 0.444 e. The molecule has 0 saturated carbocycles. The summed E-state index contributed by atoms with van der Waals surface area (Å²) in [5, 5.41) is 3.44. The molecule has 0 bridgehead atoms. The first-order chi connectivity index (χ1) is 9.35. The van der Waals surface area contributed by atoms with Crippen molar-refractivity contribution in [3.63, 3.8) is 0 Å². The van der Waals surface area contributed by atoms with Gasteiger partial charge in [-0.2, -0.15) is 0 Å². The molecule has 20 heavy (non-hydrogen) atoms. The molecule has 1 amide bonds. The molecule has 1 aromatic rings. The van der Waals surface area contributed by atoms with Crippen LogP contribution in [0, 0.1) is 0 Å². The van der Waals surface area contributed by atoms with Gasteiger partial charge in [0.25, 0.3) is 0 Å². The van der Waals surface area contributed by atoms with Gasteiger partial charge in [0, 0.05) is 24.1 Å². The van der Waals surface area contributed by atoms with Crippen LogP contribution in [-0.4, -0.2) is 36.2 Å². The molecular weight excluding hydrogens is 320 g/mol. The number of carbonyl (C=O) groups excluding carboxylic acids is 1. The van der Waals surface area contributed by atoms with Gasteiger partial charge >= 0.3 is 6.09 Å². The van der Waals surface area contributed by atoms with Crippen LogP contribution in [-0.2, 0) is 4.74 Å². The van der Waals surface area contributed by atoms with Gasteiger partial charge in [0.05, 0.1) is 6.04 Å². The fourth-order valence-corrected chi connectivity index (χ4v) is 2.61. The maximum atomic E-state index is 12.1. The highest BCUT2D eigenvalue weighted by Gasteiger charge is 2.27. The second-order valence-corrected chi connectivity index (χ2v) is 6.90. The predicted molar refractivity (Wildman–Crippen MR) is 82.7 cm³/mol. The Bertz CT molecular complexity index is 485. The molecule has 0 aromatic heterocycles. The minimum absolute atomic E-state index is 0.147. The average Bonchev–Trinajstić information content (AvgIpc) is 2.37. The number of ether oxygens (including phenoxy) is 1. The summed E-state index contributed by atoms with van der Waals surface area (Å²) in [6.07, 6.45) is -0.237. The lowest BCUT2D eigenvalue weighted by atomic mass is 10.1. The number of nitrogens with one attached hydrogen (secondary N) is 1. The molecule has 1 unspecified atom stereocenters. The van der Waals surface area contributed by atoms with Gasteiger partial charge in [-0.3, -0.25) is 0 Å². The van der Waals surface area contributed by atoms with Crippen molar-refractivity contribution in [3.05, 3.63) is 34.3 Å². The highest BCUT2D eigenvalue weighted by atomic mass is 79.9. The number of hydrogen-bond donors (Lipinski definition) is 1. The Morgan fingerprint density at radius 2 is 2.20 bits per heavy atom. The summed E-state index contributed by atoms with van der Waals surface area (Å²) in [7, 11) is 0. The van der Waals surface area contributed by atoms with Crippen molar-refractivity contribution in [1.82, 2.24) is 10.2 Å². The Morgan fingerprint density at radius 1 is 1.45 bits per heavy atom. The van der Waals surface area contributed by atoms with Crippen molar-refractivity contribution >= 4 is 22.0 Å². The van der Waals surface area contributed by atoms with Gasteiger partial charge < -0.3 is 15.0 Å². The molecule has 2 rings (SSSR count). The summed E-state index contributed by atoms with van der Waals surface area (Å²) in [5.74, 6) is 0. The third-order valence-electron chi connectivity index (χ3n) is 3.08. The van der Waals surface area contributed by atoms with Crippen LogP contribution in [0.2, 0.25) is 0 Å². The quantitative estimate of drug-likeness (QED) is 0.852. The average molecular weight is 341 g/mol. The van der Waals surface area contributed by atoms with Crippen molar-refractivity contribution in [2.75, 3.05) is 19.6 Å². The molecule has 0 spiro atoms. The third kappa shape index (κ3) is 4.21. The van der Waals surface area contributed by atoms with Gasteiger partial charge in [-0.15, -0.1) is 0 Å². The highest BCUT2D eigenvalue weighted by molar-refractivity contribution is 9.10. The minimum atomic E-state index is -0.451. The van der Waals surface area contributed by atoms with E-state index in [2.05, 4.69) is 33.4 Å². The Hall–Kier alpha value is -1.07. The number of piperazine rings is 1. The second kappa shape index (κ2) is 6.14. The first-order valence-corrected chi connectivity index (χ1v) is 7.61. The fourth-order valence-electron chi connectivity index (χ4n) is 2.19. The zero-order chi connectivity index (χ0) is 14.8. The van der Waals surface area contributed by atoms with Crippen molar-refractivity contribution in [2.24, 2.45) is 0 Å². The van der Waals surface area contributed by atoms with Crippen LogP contribution < -0.4 is 5.32 Å². The molecule has 110 valence electrons. The molecule has 1 saturated heterocycles.